The van der Waals surface area contributed by atoms with Gasteiger partial charge < -0.3 is 33.8 Å². The van der Waals surface area contributed by atoms with Crippen molar-refractivity contribution in [2.24, 2.45) is 11.8 Å². The molecule has 0 aromatic rings. The summed E-state index contributed by atoms with van der Waals surface area (Å²) in [6, 6.07) is 0. The first kappa shape index (κ1) is 98.1. The molecule has 0 aliphatic rings. The van der Waals surface area contributed by atoms with Gasteiger partial charge in [-0.3, -0.25) is 37.3 Å². The van der Waals surface area contributed by atoms with E-state index in [0.29, 0.717) is 25.7 Å². The standard InChI is InChI=1S/C81H158O17P2/c1-7-10-12-14-16-18-20-21-22-23-24-25-26-29-34-41-47-53-59-65-80(85)97-76(70-92-79(84)64-58-52-46-40-33-30-27-28-32-37-43-49-55-61-73(4)5)71-95-99(87,88)93-67-75(82)68-94-100(89,90)96-72-77(69-91-78(83)63-57-51-45-39-31-19-17-15-13-11-8-2)98-81(86)66-60-54-48-42-36-35-38-44-50-56-62-74(6)9-3/h73-77,82H,7-72H2,1-6H3,(H,87,88)(H,89,90)/t74?,75-,76-,77-/m1/s1. The molecule has 0 aromatic heterocycles. The lowest BCUT2D eigenvalue weighted by Crippen LogP contribution is -2.30. The second kappa shape index (κ2) is 72.6. The highest BCUT2D eigenvalue weighted by atomic mass is 31.2. The number of ether oxygens (including phenoxy) is 4. The molecule has 0 bridgehead atoms. The van der Waals surface area contributed by atoms with Crippen molar-refractivity contribution < 1.29 is 80.2 Å². The van der Waals surface area contributed by atoms with E-state index < -0.39 is 97.5 Å². The Morgan fingerprint density at radius 3 is 0.760 bits per heavy atom. The fourth-order valence-corrected chi connectivity index (χ4v) is 14.1. The number of aliphatic hydroxyl groups is 1. The molecule has 3 N–H and O–H groups in total. The van der Waals surface area contributed by atoms with Crippen LogP contribution in [0.15, 0.2) is 0 Å². The van der Waals surface area contributed by atoms with Crippen LogP contribution in [0.3, 0.4) is 0 Å². The van der Waals surface area contributed by atoms with Gasteiger partial charge in [0.05, 0.1) is 26.4 Å². The molecule has 17 nitrogen and oxygen atoms in total. The second-order valence-corrected chi connectivity index (χ2v) is 32.8. The predicted octanol–water partition coefficient (Wildman–Crippen LogP) is 24.3. The molecular weight excluding hydrogens is 1310 g/mol. The summed E-state index contributed by atoms with van der Waals surface area (Å²) in [6.45, 7) is 9.68. The SMILES string of the molecule is CCCCCCCCCCCCCCCCCCCCCC(=O)O[C@H](COC(=O)CCCCCCCCCCCCCCCC(C)C)COP(=O)(O)OC[C@@H](O)COP(=O)(O)OC[C@@H](COC(=O)CCCCCCCCCCCCC)OC(=O)CCCCCCCCCCCCC(C)CC. The third-order valence-electron chi connectivity index (χ3n) is 19.3. The van der Waals surface area contributed by atoms with E-state index in [-0.39, 0.29) is 25.7 Å². The van der Waals surface area contributed by atoms with Gasteiger partial charge in [-0.15, -0.1) is 0 Å². The lowest BCUT2D eigenvalue weighted by molar-refractivity contribution is -0.161. The zero-order valence-electron chi connectivity index (χ0n) is 65.5. The van der Waals surface area contributed by atoms with Crippen LogP contribution in [0.5, 0.6) is 0 Å². The van der Waals surface area contributed by atoms with Gasteiger partial charge in [0.1, 0.15) is 19.3 Å². The molecule has 0 fully saturated rings. The first-order chi connectivity index (χ1) is 48.4. The minimum absolute atomic E-state index is 0.107. The van der Waals surface area contributed by atoms with Crippen molar-refractivity contribution in [1.82, 2.24) is 0 Å². The maximum atomic E-state index is 13.1. The van der Waals surface area contributed by atoms with Crippen LogP contribution in [-0.4, -0.2) is 96.7 Å². The van der Waals surface area contributed by atoms with Gasteiger partial charge in [0.15, 0.2) is 12.2 Å². The fraction of sp³-hybridized carbons (Fsp3) is 0.951. The van der Waals surface area contributed by atoms with Gasteiger partial charge in [0.2, 0.25) is 0 Å². The van der Waals surface area contributed by atoms with Crippen LogP contribution in [0, 0.1) is 11.8 Å². The molecule has 0 radical (unpaired) electrons. The number of hydrogen-bond donors (Lipinski definition) is 3. The van der Waals surface area contributed by atoms with E-state index in [2.05, 4.69) is 41.5 Å². The van der Waals surface area contributed by atoms with Crippen LogP contribution in [-0.2, 0) is 65.4 Å². The van der Waals surface area contributed by atoms with Crippen molar-refractivity contribution in [1.29, 1.82) is 0 Å². The number of phosphoric ester groups is 2. The lowest BCUT2D eigenvalue weighted by Gasteiger charge is -2.21. The highest BCUT2D eigenvalue weighted by Gasteiger charge is 2.30. The van der Waals surface area contributed by atoms with Crippen molar-refractivity contribution in [3.05, 3.63) is 0 Å². The number of carbonyl (C=O) groups is 4. The van der Waals surface area contributed by atoms with E-state index in [9.17, 15) is 43.2 Å². The summed E-state index contributed by atoms with van der Waals surface area (Å²) in [7, 11) is -9.92. The number of hydrogen-bond acceptors (Lipinski definition) is 15. The van der Waals surface area contributed by atoms with Crippen LogP contribution in [0.2, 0.25) is 0 Å². The molecule has 0 rings (SSSR count). The van der Waals surface area contributed by atoms with Gasteiger partial charge in [-0.2, -0.15) is 0 Å². The topological polar surface area (TPSA) is 237 Å². The van der Waals surface area contributed by atoms with Gasteiger partial charge >= 0.3 is 39.5 Å². The maximum Gasteiger partial charge on any atom is 0.472 e. The van der Waals surface area contributed by atoms with E-state index in [1.54, 1.807) is 0 Å². The molecule has 594 valence electrons. The number of unbranched alkanes of at least 4 members (excludes halogenated alkanes) is 49. The maximum absolute atomic E-state index is 13.1. The zero-order valence-corrected chi connectivity index (χ0v) is 67.3. The monoisotopic (exact) mass is 1470 g/mol. The highest BCUT2D eigenvalue weighted by molar-refractivity contribution is 7.47. The summed E-state index contributed by atoms with van der Waals surface area (Å²) in [4.78, 5) is 73.0. The van der Waals surface area contributed by atoms with E-state index in [1.165, 1.54) is 244 Å². The smallest absolute Gasteiger partial charge is 0.462 e. The molecule has 19 heteroatoms. The highest BCUT2D eigenvalue weighted by Crippen LogP contribution is 2.45. The Bertz CT molecular complexity index is 1930. The largest absolute Gasteiger partial charge is 0.472 e. The Balaban J connectivity index is 5.25. The molecule has 3 unspecified atom stereocenters. The number of carbonyl (C=O) groups excluding carboxylic acids is 4. The van der Waals surface area contributed by atoms with Gasteiger partial charge in [-0.1, -0.05) is 375 Å². The van der Waals surface area contributed by atoms with Gasteiger partial charge in [0.25, 0.3) is 0 Å². The molecule has 0 amide bonds. The normalized spacial score (nSPS) is 14.2. The van der Waals surface area contributed by atoms with Crippen molar-refractivity contribution in [2.75, 3.05) is 39.6 Å². The third-order valence-corrected chi connectivity index (χ3v) is 21.2. The molecule has 6 atom stereocenters. The molecule has 0 spiro atoms. The summed E-state index contributed by atoms with van der Waals surface area (Å²) < 4.78 is 68.7. The predicted molar refractivity (Wildman–Crippen MR) is 409 cm³/mol. The minimum atomic E-state index is -4.96. The van der Waals surface area contributed by atoms with Crippen molar-refractivity contribution in [3.63, 3.8) is 0 Å². The molecule has 0 aromatic carbocycles. The van der Waals surface area contributed by atoms with Gasteiger partial charge in [0, 0.05) is 25.7 Å². The molecule has 0 saturated carbocycles. The number of esters is 4. The first-order valence-electron chi connectivity index (χ1n) is 42.0. The molecule has 0 aliphatic carbocycles. The van der Waals surface area contributed by atoms with Crippen LogP contribution in [0.1, 0.15) is 427 Å². The summed E-state index contributed by atoms with van der Waals surface area (Å²) in [5.74, 6) is -0.513. The summed E-state index contributed by atoms with van der Waals surface area (Å²) in [6.07, 6.45) is 62.3. The molecule has 0 heterocycles. The Kier molecular flexibility index (Phi) is 71.2. The Hall–Kier alpha value is -1.94. The Morgan fingerprint density at radius 2 is 0.510 bits per heavy atom. The fourth-order valence-electron chi connectivity index (χ4n) is 12.5. The summed E-state index contributed by atoms with van der Waals surface area (Å²) >= 11 is 0. The van der Waals surface area contributed by atoms with Crippen LogP contribution >= 0.6 is 15.6 Å². The molecule has 0 saturated heterocycles. The molecule has 100 heavy (non-hydrogen) atoms. The molecular formula is C81H158O17P2. The summed E-state index contributed by atoms with van der Waals surface area (Å²) in [5.41, 5.74) is 0. The van der Waals surface area contributed by atoms with Crippen LogP contribution < -0.4 is 0 Å². The second-order valence-electron chi connectivity index (χ2n) is 29.9. The van der Waals surface area contributed by atoms with Crippen molar-refractivity contribution in [3.8, 4) is 0 Å². The zero-order chi connectivity index (χ0) is 73.5. The Morgan fingerprint density at radius 1 is 0.290 bits per heavy atom. The summed E-state index contributed by atoms with van der Waals surface area (Å²) in [5, 5.41) is 10.6. The average molecular weight is 1470 g/mol. The number of aliphatic hydroxyl groups excluding tert-OH is 1. The van der Waals surface area contributed by atoms with Crippen molar-refractivity contribution >= 4 is 39.5 Å². The quantitative estimate of drug-likeness (QED) is 0.0222. The lowest BCUT2D eigenvalue weighted by atomic mass is 9.99. The van der Waals surface area contributed by atoms with E-state index >= 15 is 0 Å². The van der Waals surface area contributed by atoms with Gasteiger partial charge in [-0.25, -0.2) is 9.13 Å². The Labute approximate surface area is 613 Å². The van der Waals surface area contributed by atoms with E-state index in [0.717, 1.165) is 102 Å². The van der Waals surface area contributed by atoms with E-state index in [4.69, 9.17) is 37.0 Å². The van der Waals surface area contributed by atoms with Gasteiger partial charge in [-0.05, 0) is 37.5 Å². The average Bonchev–Trinajstić information content (AvgIpc) is 0.925. The molecule has 0 aliphatic heterocycles. The first-order valence-corrected chi connectivity index (χ1v) is 45.0. The number of rotatable bonds is 80. The van der Waals surface area contributed by atoms with Crippen LogP contribution in [0.25, 0.3) is 0 Å². The number of phosphoric acid groups is 2. The van der Waals surface area contributed by atoms with Crippen molar-refractivity contribution in [2.45, 2.75) is 445 Å². The van der Waals surface area contributed by atoms with E-state index in [1.807, 2.05) is 0 Å². The minimum Gasteiger partial charge on any atom is -0.462 e. The third kappa shape index (κ3) is 73.0. The van der Waals surface area contributed by atoms with Crippen LogP contribution in [0.4, 0.5) is 0 Å².